The van der Waals surface area contributed by atoms with E-state index in [-0.39, 0.29) is 29.6 Å². The number of nitrogens with one attached hydrogen (secondary N) is 1. The van der Waals surface area contributed by atoms with Crippen LogP contribution in [0, 0.1) is 0 Å². The minimum Gasteiger partial charge on any atom is -0.486 e. The van der Waals surface area contributed by atoms with Crippen molar-refractivity contribution in [1.29, 1.82) is 0 Å². The average Bonchev–Trinajstić information content (AvgIpc) is 2.35. The van der Waals surface area contributed by atoms with Crippen molar-refractivity contribution < 1.29 is 17.9 Å². The Labute approximate surface area is 125 Å². The molecule has 0 aliphatic carbocycles. The highest BCUT2D eigenvalue weighted by atomic mass is 35.5. The van der Waals surface area contributed by atoms with Gasteiger partial charge in [0.15, 0.2) is 11.5 Å². The second kappa shape index (κ2) is 6.17. The first-order valence-corrected chi connectivity index (χ1v) is 7.45. The Morgan fingerprint density at radius 1 is 1.30 bits per heavy atom. The number of nitrogens with two attached hydrogens (primary N) is 1. The molecule has 0 aromatic heterocycles. The minimum absolute atomic E-state index is 0. The lowest BCUT2D eigenvalue weighted by molar-refractivity contribution is 0.167. The number of halogens is 1. The number of hydrogen-bond acceptors (Lipinski definition) is 5. The van der Waals surface area contributed by atoms with Crippen molar-refractivity contribution in [3.63, 3.8) is 0 Å². The Balaban J connectivity index is 0.00000200. The molecule has 1 heterocycles. The van der Waals surface area contributed by atoms with Gasteiger partial charge in [-0.15, -0.1) is 12.4 Å². The molecule has 0 radical (unpaired) electrons. The normalized spacial score (nSPS) is 14.6. The van der Waals surface area contributed by atoms with E-state index in [2.05, 4.69) is 4.72 Å². The standard InChI is InChI=1S/C12H18N2O4S.ClH/c1-12(2,13)8-14-19(15,16)10-5-3-4-9-11(10)18-7-6-17-9;/h3-5,14H,6-8,13H2,1-2H3;1H. The van der Waals surface area contributed by atoms with E-state index in [9.17, 15) is 8.42 Å². The summed E-state index contributed by atoms with van der Waals surface area (Å²) in [5.41, 5.74) is 5.15. The Hall–Kier alpha value is -1.02. The van der Waals surface area contributed by atoms with E-state index in [0.29, 0.717) is 19.0 Å². The van der Waals surface area contributed by atoms with E-state index in [1.54, 1.807) is 26.0 Å². The van der Waals surface area contributed by atoms with Gasteiger partial charge >= 0.3 is 0 Å². The van der Waals surface area contributed by atoms with Gasteiger partial charge in [-0.2, -0.15) is 0 Å². The van der Waals surface area contributed by atoms with Crippen LogP contribution in [0.5, 0.6) is 11.5 Å². The van der Waals surface area contributed by atoms with E-state index >= 15 is 0 Å². The van der Waals surface area contributed by atoms with E-state index in [1.807, 2.05) is 0 Å². The molecule has 0 saturated heterocycles. The molecule has 0 unspecified atom stereocenters. The maximum Gasteiger partial charge on any atom is 0.244 e. The molecule has 1 aromatic carbocycles. The summed E-state index contributed by atoms with van der Waals surface area (Å²) >= 11 is 0. The molecule has 6 nitrogen and oxygen atoms in total. The molecule has 1 aromatic rings. The van der Waals surface area contributed by atoms with Crippen molar-refractivity contribution >= 4 is 22.4 Å². The number of ether oxygens (including phenoxy) is 2. The number of rotatable bonds is 4. The predicted octanol–water partition coefficient (Wildman–Crippen LogP) is 0.895. The highest BCUT2D eigenvalue weighted by Gasteiger charge is 2.26. The molecule has 2 rings (SSSR count). The molecule has 1 aliphatic heterocycles. The van der Waals surface area contributed by atoms with Crippen LogP contribution in [-0.4, -0.2) is 33.7 Å². The van der Waals surface area contributed by atoms with Crippen molar-refractivity contribution in [3.05, 3.63) is 18.2 Å². The van der Waals surface area contributed by atoms with Gasteiger partial charge < -0.3 is 15.2 Å². The first-order valence-electron chi connectivity index (χ1n) is 5.97. The third-order valence-corrected chi connectivity index (χ3v) is 3.96. The largest absolute Gasteiger partial charge is 0.486 e. The molecule has 0 fully saturated rings. The van der Waals surface area contributed by atoms with Gasteiger partial charge in [-0.25, -0.2) is 13.1 Å². The lowest BCUT2D eigenvalue weighted by atomic mass is 10.1. The summed E-state index contributed by atoms with van der Waals surface area (Å²) in [5.74, 6) is 0.706. The SMILES string of the molecule is CC(C)(N)CNS(=O)(=O)c1cccc2c1OCCO2.Cl. The van der Waals surface area contributed by atoms with Crippen molar-refractivity contribution in [1.82, 2.24) is 4.72 Å². The van der Waals surface area contributed by atoms with Crippen LogP contribution in [0.1, 0.15) is 13.8 Å². The van der Waals surface area contributed by atoms with Crippen LogP contribution in [0.25, 0.3) is 0 Å². The smallest absolute Gasteiger partial charge is 0.244 e. The summed E-state index contributed by atoms with van der Waals surface area (Å²) in [4.78, 5) is 0.0777. The topological polar surface area (TPSA) is 90.7 Å². The summed E-state index contributed by atoms with van der Waals surface area (Å²) in [6, 6.07) is 4.79. The van der Waals surface area contributed by atoms with Gasteiger partial charge in [-0.3, -0.25) is 0 Å². The zero-order valence-corrected chi connectivity index (χ0v) is 13.0. The average molecular weight is 323 g/mol. The summed E-state index contributed by atoms with van der Waals surface area (Å²) in [7, 11) is -3.67. The molecule has 0 saturated carbocycles. The number of sulfonamides is 1. The van der Waals surface area contributed by atoms with Gasteiger partial charge in [0.1, 0.15) is 18.1 Å². The number of hydrogen-bond donors (Lipinski definition) is 2. The fourth-order valence-electron chi connectivity index (χ4n) is 1.62. The first-order chi connectivity index (χ1) is 8.80. The fourth-order valence-corrected chi connectivity index (χ4v) is 3.00. The third kappa shape index (κ3) is 3.99. The van der Waals surface area contributed by atoms with E-state index in [4.69, 9.17) is 15.2 Å². The van der Waals surface area contributed by atoms with Crippen LogP contribution in [-0.2, 0) is 10.0 Å². The van der Waals surface area contributed by atoms with Crippen molar-refractivity contribution in [2.75, 3.05) is 19.8 Å². The summed E-state index contributed by atoms with van der Waals surface area (Å²) in [5, 5.41) is 0. The zero-order valence-electron chi connectivity index (χ0n) is 11.4. The monoisotopic (exact) mass is 322 g/mol. The number of benzene rings is 1. The van der Waals surface area contributed by atoms with E-state index < -0.39 is 15.6 Å². The van der Waals surface area contributed by atoms with Crippen molar-refractivity contribution in [2.24, 2.45) is 5.73 Å². The second-order valence-electron chi connectivity index (χ2n) is 5.09. The molecule has 8 heteroatoms. The van der Waals surface area contributed by atoms with Crippen LogP contribution in [0.3, 0.4) is 0 Å². The summed E-state index contributed by atoms with van der Waals surface area (Å²) in [6.07, 6.45) is 0. The van der Waals surface area contributed by atoms with E-state index in [0.717, 1.165) is 0 Å². The Morgan fingerprint density at radius 3 is 2.60 bits per heavy atom. The maximum absolute atomic E-state index is 12.2. The minimum atomic E-state index is -3.67. The molecule has 20 heavy (non-hydrogen) atoms. The van der Waals surface area contributed by atoms with Gasteiger partial charge in [0.05, 0.1) is 0 Å². The number of para-hydroxylation sites is 1. The lowest BCUT2D eigenvalue weighted by Gasteiger charge is -2.22. The Bertz CT molecular complexity index is 569. The van der Waals surface area contributed by atoms with Crippen LogP contribution in [0.2, 0.25) is 0 Å². The van der Waals surface area contributed by atoms with E-state index in [1.165, 1.54) is 6.07 Å². The molecule has 3 N–H and O–H groups in total. The Kier molecular flexibility index (Phi) is 5.26. The van der Waals surface area contributed by atoms with Gasteiger partial charge in [-0.1, -0.05) is 6.07 Å². The molecular formula is C12H19ClN2O4S. The second-order valence-corrected chi connectivity index (χ2v) is 6.83. The zero-order chi connectivity index (χ0) is 14.1. The van der Waals surface area contributed by atoms with Crippen LogP contribution in [0.4, 0.5) is 0 Å². The van der Waals surface area contributed by atoms with Gasteiger partial charge in [0.25, 0.3) is 0 Å². The van der Waals surface area contributed by atoms with Gasteiger partial charge in [0.2, 0.25) is 10.0 Å². The first kappa shape index (κ1) is 17.0. The molecule has 1 aliphatic rings. The number of fused-ring (bicyclic) bond motifs is 1. The quantitative estimate of drug-likeness (QED) is 0.859. The highest BCUT2D eigenvalue weighted by molar-refractivity contribution is 7.89. The fraction of sp³-hybridized carbons (Fsp3) is 0.500. The van der Waals surface area contributed by atoms with Crippen LogP contribution in [0.15, 0.2) is 23.1 Å². The van der Waals surface area contributed by atoms with Gasteiger partial charge in [-0.05, 0) is 26.0 Å². The van der Waals surface area contributed by atoms with Crippen molar-refractivity contribution in [2.45, 2.75) is 24.3 Å². The molecule has 0 atom stereocenters. The maximum atomic E-state index is 12.2. The lowest BCUT2D eigenvalue weighted by Crippen LogP contribution is -2.45. The molecule has 0 spiro atoms. The molecule has 0 amide bonds. The highest BCUT2D eigenvalue weighted by Crippen LogP contribution is 2.36. The van der Waals surface area contributed by atoms with Crippen molar-refractivity contribution in [3.8, 4) is 11.5 Å². The van der Waals surface area contributed by atoms with Gasteiger partial charge in [0, 0.05) is 12.1 Å². The predicted molar refractivity (Wildman–Crippen MR) is 78.1 cm³/mol. The van der Waals surface area contributed by atoms with Crippen LogP contribution < -0.4 is 19.9 Å². The summed E-state index contributed by atoms with van der Waals surface area (Å²) < 4.78 is 37.7. The molecular weight excluding hydrogens is 304 g/mol. The third-order valence-electron chi connectivity index (χ3n) is 2.54. The Morgan fingerprint density at radius 2 is 1.95 bits per heavy atom. The summed E-state index contributed by atoms with van der Waals surface area (Å²) in [6.45, 7) is 4.38. The molecule has 114 valence electrons. The van der Waals surface area contributed by atoms with Crippen LogP contribution >= 0.6 is 12.4 Å². The molecule has 0 bridgehead atoms.